The van der Waals surface area contributed by atoms with E-state index in [9.17, 15) is 9.59 Å². The summed E-state index contributed by atoms with van der Waals surface area (Å²) in [5, 5.41) is 0. The summed E-state index contributed by atoms with van der Waals surface area (Å²) >= 11 is 0. The second-order valence-corrected chi connectivity index (χ2v) is 5.10. The van der Waals surface area contributed by atoms with Crippen molar-refractivity contribution in [2.45, 2.75) is 13.3 Å². The maximum absolute atomic E-state index is 11.8. The van der Waals surface area contributed by atoms with Crippen molar-refractivity contribution in [2.24, 2.45) is 0 Å². The molecule has 0 heterocycles. The number of hydrogen-bond acceptors (Lipinski definition) is 2. The molecule has 0 N–H and O–H groups in total. The Labute approximate surface area is 130 Å². The lowest BCUT2D eigenvalue weighted by Crippen LogP contribution is -2.01. The molecule has 0 aromatic heterocycles. The van der Waals surface area contributed by atoms with Crippen LogP contribution in [0.3, 0.4) is 0 Å². The second-order valence-electron chi connectivity index (χ2n) is 5.10. The fraction of sp³-hybridized carbons (Fsp3) is 0.100. The zero-order chi connectivity index (χ0) is 15.8. The first-order valence-electron chi connectivity index (χ1n) is 7.17. The molecule has 0 fully saturated rings. The van der Waals surface area contributed by atoms with Crippen LogP contribution in [0.15, 0.2) is 66.7 Å². The van der Waals surface area contributed by atoms with E-state index in [1.807, 2.05) is 61.5 Å². The Morgan fingerprint density at radius 3 is 1.82 bits per heavy atom. The number of carbonyl (C=O) groups excluding carboxylic acids is 2. The average molecular weight is 290 g/mol. The molecule has 0 saturated carbocycles. The summed E-state index contributed by atoms with van der Waals surface area (Å²) in [7, 11) is 0. The Balaban J connectivity index is 1.87. The highest BCUT2D eigenvalue weighted by Crippen LogP contribution is 2.06. The SMILES string of the molecule is Cc1ccc(/C=C/C(=O)CC(=O)/C=C/c2ccccc2)cc1. The van der Waals surface area contributed by atoms with Crippen LogP contribution in [0.4, 0.5) is 0 Å². The van der Waals surface area contributed by atoms with E-state index in [1.54, 1.807) is 12.2 Å². The van der Waals surface area contributed by atoms with Crippen LogP contribution in [0.25, 0.3) is 12.2 Å². The zero-order valence-corrected chi connectivity index (χ0v) is 12.5. The van der Waals surface area contributed by atoms with Crippen LogP contribution in [0.1, 0.15) is 23.1 Å². The Bertz CT molecular complexity index is 692. The Morgan fingerprint density at radius 2 is 1.27 bits per heavy atom. The lowest BCUT2D eigenvalue weighted by Gasteiger charge is -1.95. The molecule has 22 heavy (non-hydrogen) atoms. The van der Waals surface area contributed by atoms with E-state index in [4.69, 9.17) is 0 Å². The molecule has 0 aliphatic carbocycles. The average Bonchev–Trinajstić information content (AvgIpc) is 2.53. The van der Waals surface area contributed by atoms with E-state index in [2.05, 4.69) is 0 Å². The van der Waals surface area contributed by atoms with Gasteiger partial charge in [-0.25, -0.2) is 0 Å². The zero-order valence-electron chi connectivity index (χ0n) is 12.5. The van der Waals surface area contributed by atoms with Gasteiger partial charge in [0, 0.05) is 0 Å². The van der Waals surface area contributed by atoms with Gasteiger partial charge in [-0.3, -0.25) is 9.59 Å². The summed E-state index contributed by atoms with van der Waals surface area (Å²) in [6.45, 7) is 2.01. The summed E-state index contributed by atoms with van der Waals surface area (Å²) in [6.07, 6.45) is 6.26. The topological polar surface area (TPSA) is 34.1 Å². The summed E-state index contributed by atoms with van der Waals surface area (Å²) in [4.78, 5) is 23.5. The van der Waals surface area contributed by atoms with E-state index in [0.29, 0.717) is 0 Å². The number of allylic oxidation sites excluding steroid dienone is 2. The third-order valence-corrected chi connectivity index (χ3v) is 3.15. The summed E-state index contributed by atoms with van der Waals surface area (Å²) in [5.41, 5.74) is 3.06. The minimum absolute atomic E-state index is 0.105. The van der Waals surface area contributed by atoms with Crippen molar-refractivity contribution in [2.75, 3.05) is 0 Å². The van der Waals surface area contributed by atoms with Crippen molar-refractivity contribution in [1.82, 2.24) is 0 Å². The highest BCUT2D eigenvalue weighted by atomic mass is 16.1. The maximum Gasteiger partial charge on any atom is 0.163 e. The third-order valence-electron chi connectivity index (χ3n) is 3.15. The van der Waals surface area contributed by atoms with Crippen molar-refractivity contribution < 1.29 is 9.59 Å². The molecular weight excluding hydrogens is 272 g/mol. The van der Waals surface area contributed by atoms with E-state index in [1.165, 1.54) is 17.7 Å². The number of benzene rings is 2. The fourth-order valence-electron chi connectivity index (χ4n) is 1.91. The lowest BCUT2D eigenvalue weighted by molar-refractivity contribution is -0.121. The van der Waals surface area contributed by atoms with Gasteiger partial charge < -0.3 is 0 Å². The van der Waals surface area contributed by atoms with Gasteiger partial charge in [0.05, 0.1) is 6.42 Å². The maximum atomic E-state index is 11.8. The van der Waals surface area contributed by atoms with Crippen molar-refractivity contribution >= 4 is 23.7 Å². The van der Waals surface area contributed by atoms with E-state index < -0.39 is 0 Å². The molecule has 0 bridgehead atoms. The van der Waals surface area contributed by atoms with Crippen LogP contribution in [0, 0.1) is 6.92 Å². The highest BCUT2D eigenvalue weighted by Gasteiger charge is 2.03. The molecule has 0 unspecified atom stereocenters. The molecule has 0 spiro atoms. The minimum atomic E-state index is -0.192. The molecule has 0 saturated heterocycles. The quantitative estimate of drug-likeness (QED) is 0.588. The molecule has 0 radical (unpaired) electrons. The molecule has 2 nitrogen and oxygen atoms in total. The van der Waals surface area contributed by atoms with Gasteiger partial charge >= 0.3 is 0 Å². The fourth-order valence-corrected chi connectivity index (χ4v) is 1.91. The Hall–Kier alpha value is -2.74. The van der Waals surface area contributed by atoms with Crippen molar-refractivity contribution in [1.29, 1.82) is 0 Å². The van der Waals surface area contributed by atoms with Crippen molar-refractivity contribution in [3.8, 4) is 0 Å². The van der Waals surface area contributed by atoms with Crippen molar-refractivity contribution in [3.05, 3.63) is 83.4 Å². The van der Waals surface area contributed by atoms with Gasteiger partial charge in [0.2, 0.25) is 0 Å². The molecular formula is C20H18O2. The Morgan fingerprint density at radius 1 is 0.773 bits per heavy atom. The number of aryl methyl sites for hydroxylation is 1. The number of hydrogen-bond donors (Lipinski definition) is 0. The normalized spacial score (nSPS) is 11.1. The van der Waals surface area contributed by atoms with Crippen LogP contribution in [-0.4, -0.2) is 11.6 Å². The minimum Gasteiger partial charge on any atom is -0.294 e. The molecule has 110 valence electrons. The van der Waals surface area contributed by atoms with Crippen LogP contribution >= 0.6 is 0 Å². The lowest BCUT2D eigenvalue weighted by atomic mass is 10.1. The summed E-state index contributed by atoms with van der Waals surface area (Å²) in [5.74, 6) is -0.384. The summed E-state index contributed by atoms with van der Waals surface area (Å²) < 4.78 is 0. The van der Waals surface area contributed by atoms with E-state index in [0.717, 1.165) is 11.1 Å². The molecule has 0 aliphatic rings. The predicted octanol–water partition coefficient (Wildman–Crippen LogP) is 4.25. The Kier molecular flexibility index (Phi) is 5.61. The van der Waals surface area contributed by atoms with Gasteiger partial charge in [0.1, 0.15) is 0 Å². The monoisotopic (exact) mass is 290 g/mol. The van der Waals surface area contributed by atoms with Crippen molar-refractivity contribution in [3.63, 3.8) is 0 Å². The largest absolute Gasteiger partial charge is 0.294 e. The molecule has 2 rings (SSSR count). The standard InChI is InChI=1S/C20H18O2/c1-16-7-9-18(10-8-16)12-14-20(22)15-19(21)13-11-17-5-3-2-4-6-17/h2-14H,15H2,1H3/b13-11+,14-12+. The van der Waals surface area contributed by atoms with Gasteiger partial charge in [0.25, 0.3) is 0 Å². The smallest absolute Gasteiger partial charge is 0.163 e. The van der Waals surface area contributed by atoms with E-state index in [-0.39, 0.29) is 18.0 Å². The second kappa shape index (κ2) is 7.89. The number of rotatable bonds is 6. The first kappa shape index (κ1) is 15.6. The highest BCUT2D eigenvalue weighted by molar-refractivity contribution is 6.10. The van der Waals surface area contributed by atoms with Gasteiger partial charge in [-0.05, 0) is 30.2 Å². The molecule has 2 aromatic rings. The molecule has 2 heteroatoms. The van der Waals surface area contributed by atoms with Gasteiger partial charge in [0.15, 0.2) is 11.6 Å². The summed E-state index contributed by atoms with van der Waals surface area (Å²) in [6, 6.07) is 17.4. The molecule has 0 amide bonds. The molecule has 2 aromatic carbocycles. The van der Waals surface area contributed by atoms with Crippen LogP contribution in [0.2, 0.25) is 0 Å². The first-order chi connectivity index (χ1) is 10.6. The van der Waals surface area contributed by atoms with Crippen LogP contribution < -0.4 is 0 Å². The van der Waals surface area contributed by atoms with Gasteiger partial charge in [-0.15, -0.1) is 0 Å². The van der Waals surface area contributed by atoms with E-state index >= 15 is 0 Å². The first-order valence-corrected chi connectivity index (χ1v) is 7.17. The van der Waals surface area contributed by atoms with Gasteiger partial charge in [-0.1, -0.05) is 72.3 Å². The van der Waals surface area contributed by atoms with Crippen LogP contribution in [-0.2, 0) is 9.59 Å². The molecule has 0 aliphatic heterocycles. The van der Waals surface area contributed by atoms with Gasteiger partial charge in [-0.2, -0.15) is 0 Å². The number of ketones is 2. The third kappa shape index (κ3) is 5.33. The number of carbonyl (C=O) groups is 2. The molecule has 0 atom stereocenters. The van der Waals surface area contributed by atoms with Crippen LogP contribution in [0.5, 0.6) is 0 Å². The predicted molar refractivity (Wildman–Crippen MR) is 90.3 cm³/mol.